The Morgan fingerprint density at radius 1 is 1.29 bits per heavy atom. The number of nitrogens with zero attached hydrogens (tertiary/aromatic N) is 4. The van der Waals surface area contributed by atoms with E-state index < -0.39 is 0 Å². The molecule has 0 aromatic carbocycles. The van der Waals surface area contributed by atoms with Crippen LogP contribution in [0.4, 0.5) is 17.3 Å². The highest BCUT2D eigenvalue weighted by Gasteiger charge is 2.17. The fourth-order valence-electron chi connectivity index (χ4n) is 3.86. The maximum absolute atomic E-state index is 12.5. The van der Waals surface area contributed by atoms with Gasteiger partial charge in [0.25, 0.3) is 0 Å². The number of nitrogen functional groups attached to an aromatic ring is 2. The van der Waals surface area contributed by atoms with Gasteiger partial charge in [-0.1, -0.05) is 5.57 Å². The van der Waals surface area contributed by atoms with Crippen LogP contribution in [0.5, 0.6) is 0 Å². The van der Waals surface area contributed by atoms with Crippen LogP contribution in [-0.2, 0) is 4.79 Å². The van der Waals surface area contributed by atoms with Crippen molar-refractivity contribution < 1.29 is 4.79 Å². The molecule has 4 rings (SSSR count). The van der Waals surface area contributed by atoms with Crippen molar-refractivity contribution in [2.24, 2.45) is 5.92 Å². The lowest BCUT2D eigenvalue weighted by molar-refractivity contribution is -0.112. The van der Waals surface area contributed by atoms with Gasteiger partial charge < -0.3 is 16.8 Å². The van der Waals surface area contributed by atoms with Crippen LogP contribution >= 0.6 is 0 Å². The molecule has 8 heteroatoms. The Labute approximate surface area is 180 Å². The van der Waals surface area contributed by atoms with E-state index >= 15 is 0 Å². The lowest BCUT2D eigenvalue weighted by atomic mass is 9.86. The maximum Gasteiger partial charge on any atom is 0.249 e. The number of pyridine rings is 3. The van der Waals surface area contributed by atoms with Gasteiger partial charge in [-0.25, -0.2) is 9.97 Å². The van der Waals surface area contributed by atoms with Gasteiger partial charge in [-0.05, 0) is 55.7 Å². The van der Waals surface area contributed by atoms with Gasteiger partial charge in [-0.2, -0.15) is 5.26 Å². The predicted molar refractivity (Wildman–Crippen MR) is 121 cm³/mol. The number of hydrogen-bond acceptors (Lipinski definition) is 7. The smallest absolute Gasteiger partial charge is 0.249 e. The summed E-state index contributed by atoms with van der Waals surface area (Å²) in [5.41, 5.74) is 16.0. The van der Waals surface area contributed by atoms with Crippen LogP contribution in [0.2, 0.25) is 0 Å². The number of hydrogen-bond donors (Lipinski definition) is 3. The van der Waals surface area contributed by atoms with Crippen molar-refractivity contribution in [2.45, 2.75) is 32.6 Å². The molecule has 1 saturated carbocycles. The molecule has 3 heterocycles. The SMILES string of the molecule is Cc1c(N)cncc1-c1cc2cc(NC(=O)/C=C3/CCCC(C#N)C3)ncc2c(N)n1. The van der Waals surface area contributed by atoms with Crippen molar-refractivity contribution in [3.8, 4) is 17.3 Å². The fraction of sp³-hybridized carbons (Fsp3) is 0.261. The summed E-state index contributed by atoms with van der Waals surface area (Å²) in [6, 6.07) is 5.94. The summed E-state index contributed by atoms with van der Waals surface area (Å²) in [6.07, 6.45) is 9.80. The van der Waals surface area contributed by atoms with Crippen molar-refractivity contribution >= 4 is 34.0 Å². The number of carbonyl (C=O) groups excluding carboxylic acids is 1. The van der Waals surface area contributed by atoms with E-state index in [1.807, 2.05) is 13.0 Å². The van der Waals surface area contributed by atoms with Crippen LogP contribution < -0.4 is 16.8 Å². The van der Waals surface area contributed by atoms with Crippen molar-refractivity contribution in [2.75, 3.05) is 16.8 Å². The normalized spacial score (nSPS) is 17.4. The minimum absolute atomic E-state index is 0.00883. The van der Waals surface area contributed by atoms with Gasteiger partial charge in [0.1, 0.15) is 11.6 Å². The minimum atomic E-state index is -0.251. The third-order valence-electron chi connectivity index (χ3n) is 5.60. The lowest BCUT2D eigenvalue weighted by Crippen LogP contribution is -2.13. The Bertz CT molecular complexity index is 1240. The van der Waals surface area contributed by atoms with Crippen LogP contribution in [0.25, 0.3) is 22.0 Å². The lowest BCUT2D eigenvalue weighted by Gasteiger charge is -2.18. The molecule has 8 nitrogen and oxygen atoms in total. The molecule has 0 aliphatic heterocycles. The summed E-state index contributed by atoms with van der Waals surface area (Å²) in [4.78, 5) is 25.4. The molecule has 0 saturated heterocycles. The molecule has 1 amide bonds. The third kappa shape index (κ3) is 4.31. The highest BCUT2D eigenvalue weighted by Crippen LogP contribution is 2.31. The molecular weight excluding hydrogens is 390 g/mol. The van der Waals surface area contributed by atoms with Crippen molar-refractivity contribution in [3.05, 3.63) is 47.9 Å². The topological polar surface area (TPSA) is 144 Å². The van der Waals surface area contributed by atoms with Crippen molar-refractivity contribution in [1.82, 2.24) is 15.0 Å². The van der Waals surface area contributed by atoms with Crippen LogP contribution in [0, 0.1) is 24.2 Å². The van der Waals surface area contributed by atoms with Crippen LogP contribution in [0.1, 0.15) is 31.2 Å². The number of nitrogens with two attached hydrogens (primary N) is 2. The molecule has 1 aliphatic rings. The fourth-order valence-corrected chi connectivity index (χ4v) is 3.86. The molecule has 1 atom stereocenters. The van der Waals surface area contributed by atoms with E-state index in [0.29, 0.717) is 34.8 Å². The summed E-state index contributed by atoms with van der Waals surface area (Å²) in [6.45, 7) is 1.91. The highest BCUT2D eigenvalue weighted by atomic mass is 16.1. The quantitative estimate of drug-likeness (QED) is 0.555. The van der Waals surface area contributed by atoms with Gasteiger partial charge in [0.2, 0.25) is 5.91 Å². The second kappa shape index (κ2) is 8.40. The first-order valence-electron chi connectivity index (χ1n) is 10.1. The summed E-state index contributed by atoms with van der Waals surface area (Å²) >= 11 is 0. The second-order valence-corrected chi connectivity index (χ2v) is 7.80. The van der Waals surface area contributed by atoms with E-state index in [4.69, 9.17) is 16.7 Å². The summed E-state index contributed by atoms with van der Waals surface area (Å²) in [5, 5.41) is 13.4. The van der Waals surface area contributed by atoms with E-state index in [-0.39, 0.29) is 11.8 Å². The molecule has 0 spiro atoms. The molecular formula is C23H23N7O. The summed E-state index contributed by atoms with van der Waals surface area (Å²) < 4.78 is 0. The maximum atomic E-state index is 12.5. The van der Waals surface area contributed by atoms with E-state index in [9.17, 15) is 4.79 Å². The molecule has 3 aromatic heterocycles. The van der Waals surface area contributed by atoms with Crippen molar-refractivity contribution in [1.29, 1.82) is 5.26 Å². The zero-order valence-electron chi connectivity index (χ0n) is 17.2. The highest BCUT2D eigenvalue weighted by molar-refractivity contribution is 6.01. The molecule has 1 fully saturated rings. The van der Waals surface area contributed by atoms with E-state index in [2.05, 4.69) is 26.3 Å². The number of rotatable bonds is 3. The summed E-state index contributed by atoms with van der Waals surface area (Å²) in [5.74, 6) is 0.497. The first kappa shape index (κ1) is 20.3. The molecule has 1 aliphatic carbocycles. The monoisotopic (exact) mass is 413 g/mol. The van der Waals surface area contributed by atoms with Gasteiger partial charge in [-0.15, -0.1) is 0 Å². The molecule has 0 radical (unpaired) electrons. The Morgan fingerprint density at radius 3 is 2.94 bits per heavy atom. The van der Waals surface area contributed by atoms with Crippen LogP contribution in [0.3, 0.4) is 0 Å². The van der Waals surface area contributed by atoms with E-state index in [1.165, 1.54) is 0 Å². The van der Waals surface area contributed by atoms with E-state index in [1.54, 1.807) is 30.7 Å². The third-order valence-corrected chi connectivity index (χ3v) is 5.60. The van der Waals surface area contributed by atoms with Gasteiger partial charge in [-0.3, -0.25) is 9.78 Å². The molecule has 1 unspecified atom stereocenters. The van der Waals surface area contributed by atoms with Crippen LogP contribution in [0.15, 0.2) is 42.4 Å². The number of carbonyl (C=O) groups is 1. The summed E-state index contributed by atoms with van der Waals surface area (Å²) in [7, 11) is 0. The zero-order chi connectivity index (χ0) is 22.0. The number of nitriles is 1. The van der Waals surface area contributed by atoms with Gasteiger partial charge in [0.05, 0.1) is 29.6 Å². The first-order valence-corrected chi connectivity index (χ1v) is 10.1. The standard InChI is InChI=1S/C23H23N7O/c1-13-17(10-27-12-19(13)25)20-7-16-8-21(28-11-18(16)23(26)29-20)30-22(31)6-14-3-2-4-15(5-14)9-24/h6-8,10-12,15H,2-5,25H2,1H3,(H2,26,29)(H,28,30,31)/b14-6-. The number of fused-ring (bicyclic) bond motifs is 1. The number of allylic oxidation sites excluding steroid dienone is 1. The van der Waals surface area contributed by atoms with Gasteiger partial charge in [0, 0.05) is 29.4 Å². The van der Waals surface area contributed by atoms with Crippen LogP contribution in [-0.4, -0.2) is 20.9 Å². The molecule has 0 bridgehead atoms. The molecule has 31 heavy (non-hydrogen) atoms. The number of aromatic nitrogens is 3. The first-order chi connectivity index (χ1) is 14.9. The second-order valence-electron chi connectivity index (χ2n) is 7.80. The van der Waals surface area contributed by atoms with E-state index in [0.717, 1.165) is 41.3 Å². The Morgan fingerprint density at radius 2 is 2.13 bits per heavy atom. The zero-order valence-corrected chi connectivity index (χ0v) is 17.2. The molecule has 5 N–H and O–H groups in total. The predicted octanol–water partition coefficient (Wildman–Crippen LogP) is 3.74. The van der Waals surface area contributed by atoms with Crippen molar-refractivity contribution in [3.63, 3.8) is 0 Å². The Hall–Kier alpha value is -3.99. The number of nitrogens with one attached hydrogen (secondary N) is 1. The van der Waals surface area contributed by atoms with Gasteiger partial charge in [0.15, 0.2) is 0 Å². The Balaban J connectivity index is 1.62. The largest absolute Gasteiger partial charge is 0.397 e. The van der Waals surface area contributed by atoms with Gasteiger partial charge >= 0.3 is 0 Å². The Kier molecular flexibility index (Phi) is 5.50. The average molecular weight is 413 g/mol. The minimum Gasteiger partial charge on any atom is -0.397 e. The number of amides is 1. The average Bonchev–Trinajstić information content (AvgIpc) is 2.75. The molecule has 3 aromatic rings. The molecule has 156 valence electrons. The number of anilines is 3.